The number of hydrogen-bond donors (Lipinski definition) is 1. The highest BCUT2D eigenvalue weighted by atomic mass is 32.1. The van der Waals surface area contributed by atoms with Gasteiger partial charge in [0.1, 0.15) is 11.5 Å². The third kappa shape index (κ3) is 2.97. The molecule has 2 N–H and O–H groups in total. The van der Waals surface area contributed by atoms with E-state index in [1.165, 1.54) is 11.3 Å². The van der Waals surface area contributed by atoms with Gasteiger partial charge in [-0.2, -0.15) is 0 Å². The number of nitrogens with zero attached hydrogens (tertiary/aromatic N) is 3. The lowest BCUT2D eigenvalue weighted by atomic mass is 10.0. The number of hydrogen-bond acceptors (Lipinski definition) is 7. The van der Waals surface area contributed by atoms with Crippen molar-refractivity contribution in [3.8, 4) is 0 Å². The van der Waals surface area contributed by atoms with Gasteiger partial charge in [-0.15, -0.1) is 11.3 Å². The monoisotopic (exact) mass is 322 g/mol. The van der Waals surface area contributed by atoms with E-state index in [1.807, 2.05) is 13.0 Å². The number of amides is 1. The predicted molar refractivity (Wildman–Crippen MR) is 82.1 cm³/mol. The van der Waals surface area contributed by atoms with Crippen LogP contribution in [0, 0.1) is 12.8 Å². The predicted octanol–water partition coefficient (Wildman–Crippen LogP) is 1.23. The van der Waals surface area contributed by atoms with Crippen molar-refractivity contribution in [2.45, 2.75) is 19.4 Å². The number of primary amides is 1. The number of aryl methyl sites for hydroxylation is 1. The zero-order chi connectivity index (χ0) is 15.7. The summed E-state index contributed by atoms with van der Waals surface area (Å²) in [5, 5.41) is 6.40. The Hall–Kier alpha value is -1.93. The van der Waals surface area contributed by atoms with Gasteiger partial charge in [-0.25, -0.2) is 4.98 Å². The van der Waals surface area contributed by atoms with Crippen LogP contribution in [0.5, 0.6) is 0 Å². The van der Waals surface area contributed by atoms with Crippen molar-refractivity contribution < 1.29 is 14.1 Å². The molecule has 0 spiro atoms. The van der Waals surface area contributed by atoms with E-state index in [9.17, 15) is 4.79 Å². The molecular weight excluding hydrogens is 304 g/mol. The van der Waals surface area contributed by atoms with Crippen LogP contribution in [0.2, 0.25) is 0 Å². The highest BCUT2D eigenvalue weighted by molar-refractivity contribution is 7.13. The van der Waals surface area contributed by atoms with E-state index >= 15 is 0 Å². The number of aromatic nitrogens is 2. The zero-order valence-corrected chi connectivity index (χ0v) is 13.3. The first-order valence-electron chi connectivity index (χ1n) is 7.02. The highest BCUT2D eigenvalue weighted by Crippen LogP contribution is 2.30. The first kappa shape index (κ1) is 15.0. The molecule has 0 aromatic carbocycles. The van der Waals surface area contributed by atoms with E-state index in [2.05, 4.69) is 15.0 Å². The summed E-state index contributed by atoms with van der Waals surface area (Å²) in [6.45, 7) is 3.44. The van der Waals surface area contributed by atoms with Crippen LogP contribution in [0.1, 0.15) is 21.9 Å². The molecule has 2 atom stereocenters. The number of ether oxygens (including phenoxy) is 1. The fourth-order valence-electron chi connectivity index (χ4n) is 2.75. The number of nitrogens with two attached hydrogens (primary N) is 1. The summed E-state index contributed by atoms with van der Waals surface area (Å²) in [5.74, 6) is 0.653. The van der Waals surface area contributed by atoms with Crippen molar-refractivity contribution in [1.29, 1.82) is 0 Å². The summed E-state index contributed by atoms with van der Waals surface area (Å²) in [6, 6.07) is 1.95. The van der Waals surface area contributed by atoms with Crippen molar-refractivity contribution in [2.75, 3.05) is 25.1 Å². The van der Waals surface area contributed by atoms with Gasteiger partial charge in [0.2, 0.25) is 0 Å². The molecular formula is C14H18N4O3S. The van der Waals surface area contributed by atoms with E-state index in [0.29, 0.717) is 11.6 Å². The maximum absolute atomic E-state index is 11.2. The number of rotatable bonds is 5. The van der Waals surface area contributed by atoms with Crippen LogP contribution in [-0.2, 0) is 11.2 Å². The summed E-state index contributed by atoms with van der Waals surface area (Å²) in [7, 11) is 1.71. The molecule has 0 radical (unpaired) electrons. The van der Waals surface area contributed by atoms with Crippen molar-refractivity contribution >= 4 is 22.4 Å². The van der Waals surface area contributed by atoms with Crippen molar-refractivity contribution in [3.05, 3.63) is 28.6 Å². The Bertz CT molecular complexity index is 669. The molecule has 1 saturated heterocycles. The molecule has 118 valence electrons. The fraction of sp³-hybridized carbons (Fsp3) is 0.500. The third-order valence-electron chi connectivity index (χ3n) is 3.84. The lowest BCUT2D eigenvalue weighted by Crippen LogP contribution is -2.23. The molecule has 0 unspecified atom stereocenters. The Kier molecular flexibility index (Phi) is 4.12. The van der Waals surface area contributed by atoms with Crippen molar-refractivity contribution in [3.63, 3.8) is 0 Å². The number of carbonyl (C=O) groups is 1. The summed E-state index contributed by atoms with van der Waals surface area (Å²) >= 11 is 1.42. The molecule has 1 amide bonds. The largest absolute Gasteiger partial charge is 0.379 e. The van der Waals surface area contributed by atoms with E-state index in [-0.39, 0.29) is 6.10 Å². The maximum atomic E-state index is 11.2. The van der Waals surface area contributed by atoms with Crippen molar-refractivity contribution in [2.24, 2.45) is 11.7 Å². The number of anilines is 1. The van der Waals surface area contributed by atoms with E-state index in [1.54, 1.807) is 12.5 Å². The lowest BCUT2D eigenvalue weighted by molar-refractivity contribution is 0.0813. The molecule has 2 aromatic heterocycles. The molecule has 0 bridgehead atoms. The van der Waals surface area contributed by atoms with Gasteiger partial charge in [0.15, 0.2) is 5.13 Å². The first-order chi connectivity index (χ1) is 10.6. The van der Waals surface area contributed by atoms with Gasteiger partial charge < -0.3 is 19.9 Å². The van der Waals surface area contributed by atoms with Gasteiger partial charge in [-0.3, -0.25) is 4.79 Å². The molecule has 3 rings (SSSR count). The third-order valence-corrected chi connectivity index (χ3v) is 4.74. The second kappa shape index (κ2) is 6.05. The fourth-order valence-corrected chi connectivity index (χ4v) is 3.59. The minimum Gasteiger partial charge on any atom is -0.379 e. The van der Waals surface area contributed by atoms with Gasteiger partial charge in [0, 0.05) is 44.0 Å². The molecule has 22 heavy (non-hydrogen) atoms. The van der Waals surface area contributed by atoms with Gasteiger partial charge in [0.25, 0.3) is 5.91 Å². The topological polar surface area (TPSA) is 94.5 Å². The molecule has 1 fully saturated rings. The summed E-state index contributed by atoms with van der Waals surface area (Å²) in [5.41, 5.74) is 6.44. The van der Waals surface area contributed by atoms with Crippen LogP contribution in [0.25, 0.3) is 0 Å². The normalized spacial score (nSPS) is 21.5. The minimum atomic E-state index is -0.501. The Morgan fingerprint density at radius 3 is 3.00 bits per heavy atom. The van der Waals surface area contributed by atoms with E-state index in [0.717, 1.165) is 36.1 Å². The van der Waals surface area contributed by atoms with Gasteiger partial charge >= 0.3 is 0 Å². The van der Waals surface area contributed by atoms with Crippen LogP contribution in [0.15, 0.2) is 16.0 Å². The molecule has 0 saturated carbocycles. The average molecular weight is 322 g/mol. The Balaban J connectivity index is 1.71. The lowest BCUT2D eigenvalue weighted by Gasteiger charge is -2.14. The van der Waals surface area contributed by atoms with Gasteiger partial charge in [-0.1, -0.05) is 5.16 Å². The second-order valence-electron chi connectivity index (χ2n) is 5.46. The van der Waals surface area contributed by atoms with Crippen LogP contribution >= 0.6 is 11.3 Å². The molecule has 3 heterocycles. The molecule has 2 aromatic rings. The SMILES string of the molecule is CO[C@H]1CN(c2nc(C(N)=O)cs2)C[C@H]1Cc1cc(C)no1. The highest BCUT2D eigenvalue weighted by Gasteiger charge is 2.35. The van der Waals surface area contributed by atoms with Gasteiger partial charge in [0.05, 0.1) is 11.8 Å². The van der Waals surface area contributed by atoms with Crippen LogP contribution < -0.4 is 10.6 Å². The Labute approximate surface area is 132 Å². The first-order valence-corrected chi connectivity index (χ1v) is 7.90. The summed E-state index contributed by atoms with van der Waals surface area (Å²) < 4.78 is 10.9. The van der Waals surface area contributed by atoms with E-state index in [4.69, 9.17) is 15.0 Å². The molecule has 0 aliphatic carbocycles. The standard InChI is InChI=1S/C14H18N4O3S/c1-8-3-10(21-17-8)4-9-5-18(6-12(9)20-2)14-16-11(7-22-14)13(15)19/h3,7,9,12H,4-6H2,1-2H3,(H2,15,19)/t9-,12+/m1/s1. The maximum Gasteiger partial charge on any atom is 0.268 e. The number of methoxy groups -OCH3 is 1. The Morgan fingerprint density at radius 2 is 2.41 bits per heavy atom. The van der Waals surface area contributed by atoms with Crippen LogP contribution in [-0.4, -0.2) is 42.4 Å². The van der Waals surface area contributed by atoms with E-state index < -0.39 is 5.91 Å². The molecule has 7 nitrogen and oxygen atoms in total. The average Bonchev–Trinajstić information content (AvgIpc) is 3.18. The second-order valence-corrected chi connectivity index (χ2v) is 6.29. The van der Waals surface area contributed by atoms with Gasteiger partial charge in [-0.05, 0) is 6.92 Å². The number of thiazole rings is 1. The number of carbonyl (C=O) groups excluding carboxylic acids is 1. The Morgan fingerprint density at radius 1 is 1.59 bits per heavy atom. The van der Waals surface area contributed by atoms with Crippen molar-refractivity contribution in [1.82, 2.24) is 10.1 Å². The smallest absolute Gasteiger partial charge is 0.268 e. The molecule has 1 aliphatic rings. The van der Waals surface area contributed by atoms with Crippen LogP contribution in [0.4, 0.5) is 5.13 Å². The molecule has 8 heteroatoms. The zero-order valence-electron chi connectivity index (χ0n) is 12.5. The summed E-state index contributed by atoms with van der Waals surface area (Å²) in [6.07, 6.45) is 0.857. The van der Waals surface area contributed by atoms with Crippen LogP contribution in [0.3, 0.4) is 0 Å². The quantitative estimate of drug-likeness (QED) is 0.890. The minimum absolute atomic E-state index is 0.0892. The summed E-state index contributed by atoms with van der Waals surface area (Å²) in [4.78, 5) is 17.6. The molecule has 1 aliphatic heterocycles.